The topological polar surface area (TPSA) is 59.8 Å². The van der Waals surface area contributed by atoms with Crippen molar-refractivity contribution in [2.24, 2.45) is 11.1 Å². The maximum absolute atomic E-state index is 5.87. The Morgan fingerprint density at radius 2 is 2.00 bits per heavy atom. The number of hydrogen-bond donors (Lipinski definition) is 0. The summed E-state index contributed by atoms with van der Waals surface area (Å²) in [6.45, 7) is 6.86. The van der Waals surface area contributed by atoms with Crippen LogP contribution in [0.1, 0.15) is 31.2 Å². The molecule has 0 saturated carbocycles. The first-order valence-electron chi connectivity index (χ1n) is 9.87. The molecule has 1 aromatic carbocycles. The number of benzene rings is 1. The number of rotatable bonds is 10. The largest absolute Gasteiger partial charge is 0.494 e. The van der Waals surface area contributed by atoms with E-state index in [4.69, 9.17) is 9.57 Å². The summed E-state index contributed by atoms with van der Waals surface area (Å²) in [5, 5.41) is 12.0. The van der Waals surface area contributed by atoms with E-state index in [1.807, 2.05) is 36.4 Å². The van der Waals surface area contributed by atoms with Gasteiger partial charge >= 0.3 is 0 Å². The van der Waals surface area contributed by atoms with E-state index in [-0.39, 0.29) is 0 Å². The molecule has 6 nitrogen and oxygen atoms in total. The average Bonchev–Trinajstić information content (AvgIpc) is 2.76. The highest BCUT2D eigenvalue weighted by Crippen LogP contribution is 2.24. The summed E-state index contributed by atoms with van der Waals surface area (Å²) in [5.41, 5.74) is 0.978. The molecular formula is C22H28N4O2. The Labute approximate surface area is 166 Å². The molecule has 3 rings (SSSR count). The van der Waals surface area contributed by atoms with Gasteiger partial charge in [-0.1, -0.05) is 17.8 Å². The first-order valence-corrected chi connectivity index (χ1v) is 9.87. The monoisotopic (exact) mass is 380 g/mol. The predicted octanol–water partition coefficient (Wildman–Crippen LogP) is 4.09. The summed E-state index contributed by atoms with van der Waals surface area (Å²) in [6.07, 6.45) is 9.76. The van der Waals surface area contributed by atoms with Gasteiger partial charge in [0.2, 0.25) is 0 Å². The fraction of sp³-hybridized carbons (Fsp3) is 0.409. The average molecular weight is 380 g/mol. The van der Waals surface area contributed by atoms with E-state index in [1.54, 1.807) is 18.5 Å². The molecule has 2 aromatic rings. The number of hydrogen-bond acceptors (Lipinski definition) is 6. The zero-order chi connectivity index (χ0) is 19.4. The van der Waals surface area contributed by atoms with E-state index in [9.17, 15) is 0 Å². The number of aromatic nitrogens is 2. The van der Waals surface area contributed by atoms with Crippen molar-refractivity contribution in [1.29, 1.82) is 0 Å². The third kappa shape index (κ3) is 6.37. The molecule has 0 atom stereocenters. The van der Waals surface area contributed by atoms with Crippen molar-refractivity contribution < 1.29 is 9.57 Å². The Morgan fingerprint density at radius 1 is 1.18 bits per heavy atom. The first kappa shape index (κ1) is 19.9. The fourth-order valence-corrected chi connectivity index (χ4v) is 3.32. The van der Waals surface area contributed by atoms with Crippen molar-refractivity contribution in [2.75, 3.05) is 31.2 Å². The maximum atomic E-state index is 5.87. The van der Waals surface area contributed by atoms with Gasteiger partial charge < -0.3 is 14.5 Å². The van der Waals surface area contributed by atoms with Crippen LogP contribution in [0, 0.1) is 5.92 Å². The van der Waals surface area contributed by atoms with E-state index in [0.717, 1.165) is 49.2 Å². The molecule has 1 aromatic heterocycles. The lowest BCUT2D eigenvalue weighted by molar-refractivity contribution is 0.176. The predicted molar refractivity (Wildman–Crippen MR) is 112 cm³/mol. The minimum Gasteiger partial charge on any atom is -0.494 e. The zero-order valence-corrected chi connectivity index (χ0v) is 16.2. The minimum absolute atomic E-state index is 0.414. The molecule has 6 heteroatoms. The molecular weight excluding hydrogens is 352 g/mol. The molecule has 0 amide bonds. The highest BCUT2D eigenvalue weighted by Gasteiger charge is 2.19. The van der Waals surface area contributed by atoms with Crippen LogP contribution in [0.25, 0.3) is 0 Å². The summed E-state index contributed by atoms with van der Waals surface area (Å²) in [6, 6.07) is 11.9. The van der Waals surface area contributed by atoms with E-state index in [0.29, 0.717) is 6.61 Å². The second kappa shape index (κ2) is 11.1. The van der Waals surface area contributed by atoms with Crippen molar-refractivity contribution in [3.8, 4) is 5.75 Å². The molecule has 28 heavy (non-hydrogen) atoms. The van der Waals surface area contributed by atoms with Gasteiger partial charge in [0.05, 0.1) is 12.8 Å². The van der Waals surface area contributed by atoms with Crippen LogP contribution in [-0.4, -0.2) is 42.7 Å². The molecule has 1 aliphatic heterocycles. The minimum atomic E-state index is 0.414. The molecule has 0 aliphatic carbocycles. The smallest absolute Gasteiger partial charge is 0.151 e. The Morgan fingerprint density at radius 3 is 2.71 bits per heavy atom. The lowest BCUT2D eigenvalue weighted by atomic mass is 9.92. The molecule has 1 aliphatic rings. The van der Waals surface area contributed by atoms with Gasteiger partial charge in [0.15, 0.2) is 5.82 Å². The molecule has 0 N–H and O–H groups in total. The fourth-order valence-electron chi connectivity index (χ4n) is 3.32. The van der Waals surface area contributed by atoms with Gasteiger partial charge in [0.1, 0.15) is 12.4 Å². The summed E-state index contributed by atoms with van der Waals surface area (Å²) < 4.78 is 5.87. The van der Waals surface area contributed by atoms with Gasteiger partial charge in [-0.2, -0.15) is 5.10 Å². The Kier molecular flexibility index (Phi) is 7.85. The molecule has 0 radical (unpaired) electrons. The first-order chi connectivity index (χ1) is 13.8. The van der Waals surface area contributed by atoms with E-state index < -0.39 is 0 Å². The number of anilines is 1. The molecule has 2 heterocycles. The van der Waals surface area contributed by atoms with Crippen LogP contribution >= 0.6 is 0 Å². The summed E-state index contributed by atoms with van der Waals surface area (Å²) in [5.74, 6) is 2.65. The summed E-state index contributed by atoms with van der Waals surface area (Å²) in [4.78, 5) is 7.32. The third-order valence-electron chi connectivity index (χ3n) is 4.87. The number of oxime groups is 1. The van der Waals surface area contributed by atoms with Crippen molar-refractivity contribution in [1.82, 2.24) is 10.2 Å². The number of nitrogens with zero attached hydrogens (tertiary/aromatic N) is 4. The third-order valence-corrected chi connectivity index (χ3v) is 4.87. The van der Waals surface area contributed by atoms with Crippen LogP contribution in [0.2, 0.25) is 0 Å². The van der Waals surface area contributed by atoms with Crippen molar-refractivity contribution in [2.45, 2.75) is 25.7 Å². The van der Waals surface area contributed by atoms with Gasteiger partial charge in [0.25, 0.3) is 0 Å². The second-order valence-corrected chi connectivity index (χ2v) is 6.89. The van der Waals surface area contributed by atoms with Crippen LogP contribution in [0.3, 0.4) is 0 Å². The number of piperidine rings is 1. The van der Waals surface area contributed by atoms with Crippen molar-refractivity contribution in [3.63, 3.8) is 0 Å². The molecule has 148 valence electrons. The molecule has 1 fully saturated rings. The second-order valence-electron chi connectivity index (χ2n) is 6.89. The van der Waals surface area contributed by atoms with E-state index in [1.165, 1.54) is 19.3 Å². The lowest BCUT2D eigenvalue weighted by Gasteiger charge is -2.32. The molecule has 1 saturated heterocycles. The van der Waals surface area contributed by atoms with Gasteiger partial charge in [-0.15, -0.1) is 5.10 Å². The summed E-state index contributed by atoms with van der Waals surface area (Å²) in [7, 11) is 0. The maximum Gasteiger partial charge on any atom is 0.151 e. The van der Waals surface area contributed by atoms with Gasteiger partial charge in [0, 0.05) is 19.3 Å². The zero-order valence-electron chi connectivity index (χ0n) is 16.2. The van der Waals surface area contributed by atoms with Crippen LogP contribution in [0.4, 0.5) is 5.82 Å². The van der Waals surface area contributed by atoms with Crippen LogP contribution in [-0.2, 0) is 4.84 Å². The normalized spacial score (nSPS) is 14.9. The van der Waals surface area contributed by atoms with Crippen LogP contribution in [0.15, 0.2) is 60.4 Å². The van der Waals surface area contributed by atoms with Gasteiger partial charge in [-0.25, -0.2) is 0 Å². The lowest BCUT2D eigenvalue weighted by Crippen LogP contribution is -2.34. The molecule has 0 bridgehead atoms. The van der Waals surface area contributed by atoms with Gasteiger partial charge in [-0.05, 0) is 73.6 Å². The van der Waals surface area contributed by atoms with Crippen LogP contribution in [0.5, 0.6) is 5.75 Å². The molecule has 0 unspecified atom stereocenters. The van der Waals surface area contributed by atoms with Crippen molar-refractivity contribution >= 4 is 12.0 Å². The Balaban J connectivity index is 1.31. The quantitative estimate of drug-likeness (QED) is 0.269. The summed E-state index contributed by atoms with van der Waals surface area (Å²) >= 11 is 0. The standard InChI is InChI=1S/C22H28N4O2/c1-2-16-28-24-18-20-7-9-21(10-8-20)27-17-4-5-19-11-14-26(15-12-19)22-6-3-13-23-25-22/h2-3,6-10,13,18-19H,1,4-5,11-12,14-17H2. The van der Waals surface area contributed by atoms with E-state index in [2.05, 4.69) is 26.8 Å². The highest BCUT2D eigenvalue weighted by molar-refractivity contribution is 5.79. The molecule has 0 spiro atoms. The number of ether oxygens (including phenoxy) is 1. The Bertz CT molecular complexity index is 726. The Hall–Kier alpha value is -2.89. The van der Waals surface area contributed by atoms with Crippen LogP contribution < -0.4 is 9.64 Å². The SMILES string of the molecule is C=CCON=Cc1ccc(OCCCC2CCN(c3cccnn3)CC2)cc1. The highest BCUT2D eigenvalue weighted by atomic mass is 16.6. The van der Waals surface area contributed by atoms with E-state index >= 15 is 0 Å². The van der Waals surface area contributed by atoms with Crippen molar-refractivity contribution in [3.05, 3.63) is 60.8 Å². The van der Waals surface area contributed by atoms with Gasteiger partial charge in [-0.3, -0.25) is 0 Å².